The fourth-order valence-electron chi connectivity index (χ4n) is 4.97. The average molecular weight is 448 g/mol. The molecule has 3 heterocycles. The van der Waals surface area contributed by atoms with E-state index >= 15 is 0 Å². The fraction of sp³-hybridized carbons (Fsp3) is 0.440. The number of imidazole rings is 1. The van der Waals surface area contributed by atoms with Crippen LogP contribution in [0, 0.1) is 0 Å². The Hall–Kier alpha value is -3.42. The Bertz CT molecular complexity index is 1230. The number of anilines is 1. The summed E-state index contributed by atoms with van der Waals surface area (Å²) in [6.07, 6.45) is 9.45. The molecule has 33 heavy (non-hydrogen) atoms. The first-order chi connectivity index (χ1) is 16.0. The Morgan fingerprint density at radius 1 is 1.03 bits per heavy atom. The number of carbonyl (C=O) groups is 3. The molecule has 1 saturated carbocycles. The van der Waals surface area contributed by atoms with Crippen LogP contribution < -0.4 is 10.6 Å². The third kappa shape index (κ3) is 4.29. The molecule has 1 aromatic carbocycles. The molecule has 2 aromatic heterocycles. The zero-order chi connectivity index (χ0) is 22.9. The van der Waals surface area contributed by atoms with Crippen LogP contribution in [0.25, 0.3) is 10.9 Å². The van der Waals surface area contributed by atoms with Gasteiger partial charge < -0.3 is 19.8 Å². The van der Waals surface area contributed by atoms with Crippen molar-refractivity contribution in [1.82, 2.24) is 19.4 Å². The third-order valence-electron chi connectivity index (χ3n) is 6.75. The molecule has 0 bridgehead atoms. The number of fused-ring (bicyclic) bond motifs is 3. The van der Waals surface area contributed by atoms with Crippen LogP contribution >= 0.6 is 0 Å². The number of Topliss-reactive ketones (excluding diaryl/α,β-unsaturated/α-hetero) is 1. The summed E-state index contributed by atoms with van der Waals surface area (Å²) in [5.41, 5.74) is 2.11. The van der Waals surface area contributed by atoms with E-state index in [-0.39, 0.29) is 29.5 Å². The van der Waals surface area contributed by atoms with E-state index in [1.807, 2.05) is 22.8 Å². The Morgan fingerprint density at radius 3 is 2.67 bits per heavy atom. The Kier molecular flexibility index (Phi) is 5.74. The number of rotatable bonds is 4. The molecule has 0 saturated heterocycles. The van der Waals surface area contributed by atoms with E-state index in [0.717, 1.165) is 68.1 Å². The van der Waals surface area contributed by atoms with Gasteiger partial charge in [0.25, 0.3) is 11.8 Å². The molecule has 1 fully saturated rings. The lowest BCUT2D eigenvalue weighted by Gasteiger charge is -2.13. The summed E-state index contributed by atoms with van der Waals surface area (Å²) >= 11 is 0. The van der Waals surface area contributed by atoms with Gasteiger partial charge in [0.05, 0.1) is 5.69 Å². The number of hydrogen-bond donors (Lipinski definition) is 2. The lowest BCUT2D eigenvalue weighted by atomic mass is 10.1. The predicted octanol–water partition coefficient (Wildman–Crippen LogP) is 4.06. The van der Waals surface area contributed by atoms with Crippen molar-refractivity contribution in [1.29, 1.82) is 0 Å². The highest BCUT2D eigenvalue weighted by atomic mass is 16.2. The second-order valence-electron chi connectivity index (χ2n) is 9.16. The van der Waals surface area contributed by atoms with Crippen molar-refractivity contribution in [2.45, 2.75) is 64.0 Å². The molecule has 8 heteroatoms. The van der Waals surface area contributed by atoms with Gasteiger partial charge in [0.2, 0.25) is 5.82 Å². The van der Waals surface area contributed by atoms with E-state index in [1.165, 1.54) is 0 Å². The highest BCUT2D eigenvalue weighted by molar-refractivity contribution is 6.07. The summed E-state index contributed by atoms with van der Waals surface area (Å²) in [5.74, 6) is 0.251. The Labute approximate surface area is 192 Å². The van der Waals surface area contributed by atoms with Crippen molar-refractivity contribution in [3.8, 4) is 0 Å². The van der Waals surface area contributed by atoms with Gasteiger partial charge in [-0.15, -0.1) is 0 Å². The topological polar surface area (TPSA) is 98.0 Å². The Morgan fingerprint density at radius 2 is 1.85 bits per heavy atom. The summed E-state index contributed by atoms with van der Waals surface area (Å²) in [6.45, 7) is 0.773. The van der Waals surface area contributed by atoms with Gasteiger partial charge in [0.15, 0.2) is 11.6 Å². The molecule has 0 spiro atoms. The minimum Gasteiger partial charge on any atom is -0.347 e. The molecule has 0 atom stereocenters. The van der Waals surface area contributed by atoms with Gasteiger partial charge in [-0.05, 0) is 43.9 Å². The maximum absolute atomic E-state index is 13.0. The van der Waals surface area contributed by atoms with E-state index in [9.17, 15) is 14.4 Å². The lowest BCUT2D eigenvalue weighted by Crippen LogP contribution is -2.34. The van der Waals surface area contributed by atoms with Crippen molar-refractivity contribution >= 4 is 34.3 Å². The third-order valence-corrected chi connectivity index (χ3v) is 6.75. The number of aryl methyl sites for hydroxylation is 2. The zero-order valence-corrected chi connectivity index (χ0v) is 18.9. The number of carbonyl (C=O) groups excluding carboxylic acids is 3. The van der Waals surface area contributed by atoms with Crippen molar-refractivity contribution < 1.29 is 14.4 Å². The first-order valence-corrected chi connectivity index (χ1v) is 11.8. The van der Waals surface area contributed by atoms with Gasteiger partial charge in [0.1, 0.15) is 0 Å². The van der Waals surface area contributed by atoms with Crippen molar-refractivity contribution in [3.63, 3.8) is 0 Å². The summed E-state index contributed by atoms with van der Waals surface area (Å²) in [7, 11) is 1.74. The molecule has 8 nitrogen and oxygen atoms in total. The number of ketones is 1. The summed E-state index contributed by atoms with van der Waals surface area (Å²) in [5, 5.41) is 6.80. The lowest BCUT2D eigenvalue weighted by molar-refractivity contribution is 0.0922. The van der Waals surface area contributed by atoms with Crippen molar-refractivity contribution in [2.75, 3.05) is 5.32 Å². The molecule has 2 aliphatic rings. The van der Waals surface area contributed by atoms with Gasteiger partial charge in [-0.25, -0.2) is 4.98 Å². The molecule has 0 unspecified atom stereocenters. The number of hydrogen-bond acceptors (Lipinski definition) is 4. The first-order valence-electron chi connectivity index (χ1n) is 11.8. The van der Waals surface area contributed by atoms with Crippen LogP contribution in [0.4, 0.5) is 5.82 Å². The number of amides is 2. The number of benzene rings is 1. The minimum absolute atomic E-state index is 0.161. The van der Waals surface area contributed by atoms with Crippen LogP contribution in [0.3, 0.4) is 0 Å². The molecule has 1 aliphatic heterocycles. The molecule has 3 aromatic rings. The number of aromatic nitrogens is 3. The monoisotopic (exact) mass is 447 g/mol. The van der Waals surface area contributed by atoms with Crippen LogP contribution in [-0.2, 0) is 13.6 Å². The average Bonchev–Trinajstić information content (AvgIpc) is 3.50. The van der Waals surface area contributed by atoms with Gasteiger partial charge in [-0.1, -0.05) is 25.3 Å². The highest BCUT2D eigenvalue weighted by Crippen LogP contribution is 2.26. The first kappa shape index (κ1) is 21.4. The number of nitrogens with zero attached hydrogens (tertiary/aromatic N) is 3. The van der Waals surface area contributed by atoms with Crippen LogP contribution in [0.2, 0.25) is 0 Å². The van der Waals surface area contributed by atoms with Gasteiger partial charge in [0, 0.05) is 48.7 Å². The van der Waals surface area contributed by atoms with E-state index in [2.05, 4.69) is 15.6 Å². The van der Waals surface area contributed by atoms with Crippen LogP contribution in [0.15, 0.2) is 30.5 Å². The molecule has 2 N–H and O–H groups in total. The Balaban J connectivity index is 1.35. The normalized spacial score (nSPS) is 16.9. The molecule has 1 aliphatic carbocycles. The standard InChI is InChI=1S/C25H29N5O3/c1-29-15-22(27-23(29)25(33)26-18-7-4-5-8-18)28-24(32)17-11-10-16-13-20-21(31)9-3-2-6-12-30(20)19(16)14-17/h10-11,13-15,18H,2-9,12H2,1H3,(H,26,33)(H,28,32). The van der Waals surface area contributed by atoms with Crippen LogP contribution in [-0.4, -0.2) is 37.8 Å². The fourth-order valence-corrected chi connectivity index (χ4v) is 4.97. The number of nitrogens with one attached hydrogen (secondary N) is 2. The van der Waals surface area contributed by atoms with Crippen LogP contribution in [0.1, 0.15) is 82.8 Å². The van der Waals surface area contributed by atoms with Crippen molar-refractivity contribution in [3.05, 3.63) is 47.5 Å². The van der Waals surface area contributed by atoms with E-state index in [4.69, 9.17) is 0 Å². The summed E-state index contributed by atoms with van der Waals surface area (Å²) in [6, 6.07) is 7.60. The summed E-state index contributed by atoms with van der Waals surface area (Å²) in [4.78, 5) is 42.4. The molecule has 2 amide bonds. The molecule has 5 rings (SSSR count). The van der Waals surface area contributed by atoms with E-state index < -0.39 is 0 Å². The zero-order valence-electron chi connectivity index (χ0n) is 18.9. The maximum atomic E-state index is 13.0. The second kappa shape index (κ2) is 8.84. The summed E-state index contributed by atoms with van der Waals surface area (Å²) < 4.78 is 3.67. The van der Waals surface area contributed by atoms with Gasteiger partial charge >= 0.3 is 0 Å². The minimum atomic E-state index is -0.300. The largest absolute Gasteiger partial charge is 0.347 e. The quantitative estimate of drug-likeness (QED) is 0.630. The maximum Gasteiger partial charge on any atom is 0.287 e. The molecular weight excluding hydrogens is 418 g/mol. The second-order valence-corrected chi connectivity index (χ2v) is 9.16. The molecular formula is C25H29N5O3. The highest BCUT2D eigenvalue weighted by Gasteiger charge is 2.22. The predicted molar refractivity (Wildman–Crippen MR) is 126 cm³/mol. The van der Waals surface area contributed by atoms with Crippen molar-refractivity contribution in [2.24, 2.45) is 7.05 Å². The van der Waals surface area contributed by atoms with Gasteiger partial charge in [-0.3, -0.25) is 14.4 Å². The van der Waals surface area contributed by atoms with Crippen LogP contribution in [0.5, 0.6) is 0 Å². The molecule has 172 valence electrons. The van der Waals surface area contributed by atoms with E-state index in [1.54, 1.807) is 23.9 Å². The van der Waals surface area contributed by atoms with E-state index in [0.29, 0.717) is 17.8 Å². The smallest absolute Gasteiger partial charge is 0.287 e. The SMILES string of the molecule is Cn1cc(NC(=O)c2ccc3cc4n(c3c2)CCCCCC4=O)nc1C(=O)NC1CCCC1. The molecule has 0 radical (unpaired) electrons. The van der Waals surface area contributed by atoms with Gasteiger partial charge in [-0.2, -0.15) is 0 Å².